The van der Waals surface area contributed by atoms with Crippen molar-refractivity contribution >= 4 is 23.7 Å². The Balaban J connectivity index is 3.00. The summed E-state index contributed by atoms with van der Waals surface area (Å²) in [5.74, 6) is 0.959. The van der Waals surface area contributed by atoms with Gasteiger partial charge in [0.25, 0.3) is 0 Å². The third-order valence-corrected chi connectivity index (χ3v) is 2.42. The van der Waals surface area contributed by atoms with E-state index in [9.17, 15) is 0 Å². The van der Waals surface area contributed by atoms with Crippen LogP contribution in [0.4, 0.5) is 5.82 Å². The summed E-state index contributed by atoms with van der Waals surface area (Å²) in [6, 6.07) is 2.09. The van der Waals surface area contributed by atoms with Gasteiger partial charge in [-0.25, -0.2) is 4.98 Å². The van der Waals surface area contributed by atoms with Gasteiger partial charge in [0.2, 0.25) is 0 Å². The molecular formula is C10H14N2S. The first-order chi connectivity index (χ1) is 6.31. The Hall–Kier alpha value is -0.960. The van der Waals surface area contributed by atoms with Crippen LogP contribution >= 0.6 is 11.8 Å². The smallest absolute Gasteiger partial charge is 0.139 e. The van der Waals surface area contributed by atoms with Crippen molar-refractivity contribution < 1.29 is 0 Å². The van der Waals surface area contributed by atoms with Gasteiger partial charge in [0.15, 0.2) is 0 Å². The number of rotatable bonds is 4. The molecule has 70 valence electrons. The van der Waals surface area contributed by atoms with E-state index in [0.29, 0.717) is 0 Å². The van der Waals surface area contributed by atoms with Crippen molar-refractivity contribution in [1.82, 2.24) is 4.98 Å². The molecule has 0 aliphatic heterocycles. The van der Waals surface area contributed by atoms with Gasteiger partial charge in [-0.3, -0.25) is 0 Å². The first-order valence-corrected chi connectivity index (χ1v) is 5.44. The average Bonchev–Trinajstić information content (AvgIpc) is 2.19. The van der Waals surface area contributed by atoms with Crippen molar-refractivity contribution in [3.63, 3.8) is 0 Å². The fraction of sp³-hybridized carbons (Fsp3) is 0.300. The summed E-state index contributed by atoms with van der Waals surface area (Å²) < 4.78 is 0. The molecule has 0 aliphatic carbocycles. The molecule has 0 saturated carbocycles. The Morgan fingerprint density at radius 1 is 1.69 bits per heavy atom. The summed E-state index contributed by atoms with van der Waals surface area (Å²) in [6.45, 7) is 6.67. The number of hydrogen-bond donors (Lipinski definition) is 1. The predicted molar refractivity (Wildman–Crippen MR) is 60.3 cm³/mol. The minimum absolute atomic E-state index is 0.897. The highest BCUT2D eigenvalue weighted by Crippen LogP contribution is 2.24. The molecule has 13 heavy (non-hydrogen) atoms. The molecule has 1 N–H and O–H groups in total. The van der Waals surface area contributed by atoms with E-state index >= 15 is 0 Å². The number of pyridine rings is 1. The molecule has 0 spiro atoms. The SMILES string of the molecule is C=Cc1cnc(NCC)c(SC)c1. The van der Waals surface area contributed by atoms with E-state index in [1.807, 2.05) is 18.5 Å². The van der Waals surface area contributed by atoms with Gasteiger partial charge in [0.1, 0.15) is 5.82 Å². The van der Waals surface area contributed by atoms with Crippen molar-refractivity contribution in [3.8, 4) is 0 Å². The minimum Gasteiger partial charge on any atom is -0.369 e. The van der Waals surface area contributed by atoms with E-state index in [4.69, 9.17) is 0 Å². The van der Waals surface area contributed by atoms with Gasteiger partial charge in [-0.05, 0) is 24.8 Å². The molecule has 1 rings (SSSR count). The molecule has 0 fully saturated rings. The fourth-order valence-electron chi connectivity index (χ4n) is 1.03. The summed E-state index contributed by atoms with van der Waals surface area (Å²) in [4.78, 5) is 5.47. The molecule has 0 unspecified atom stereocenters. The number of nitrogens with one attached hydrogen (secondary N) is 1. The lowest BCUT2D eigenvalue weighted by molar-refractivity contribution is 1.12. The van der Waals surface area contributed by atoms with E-state index in [1.54, 1.807) is 11.8 Å². The number of hydrogen-bond acceptors (Lipinski definition) is 3. The van der Waals surface area contributed by atoms with Crippen molar-refractivity contribution in [2.45, 2.75) is 11.8 Å². The third kappa shape index (κ3) is 2.49. The molecule has 1 aromatic rings. The van der Waals surface area contributed by atoms with Crippen LogP contribution < -0.4 is 5.32 Å². The Morgan fingerprint density at radius 2 is 2.46 bits per heavy atom. The van der Waals surface area contributed by atoms with E-state index < -0.39 is 0 Å². The van der Waals surface area contributed by atoms with Crippen molar-refractivity contribution in [2.24, 2.45) is 0 Å². The Labute approximate surface area is 83.5 Å². The molecule has 0 atom stereocenters. The summed E-state index contributed by atoms with van der Waals surface area (Å²) in [5, 5.41) is 3.21. The molecular weight excluding hydrogens is 180 g/mol. The molecule has 2 nitrogen and oxygen atoms in total. The highest BCUT2D eigenvalue weighted by atomic mass is 32.2. The van der Waals surface area contributed by atoms with Gasteiger partial charge in [-0.15, -0.1) is 11.8 Å². The van der Waals surface area contributed by atoms with Gasteiger partial charge in [-0.1, -0.05) is 12.7 Å². The zero-order chi connectivity index (χ0) is 9.68. The predicted octanol–water partition coefficient (Wildman–Crippen LogP) is 2.88. The summed E-state index contributed by atoms with van der Waals surface area (Å²) >= 11 is 1.69. The van der Waals surface area contributed by atoms with Crippen molar-refractivity contribution in [3.05, 3.63) is 24.4 Å². The van der Waals surface area contributed by atoms with Crippen LogP contribution in [0.2, 0.25) is 0 Å². The van der Waals surface area contributed by atoms with E-state index in [-0.39, 0.29) is 0 Å². The quantitative estimate of drug-likeness (QED) is 0.746. The number of anilines is 1. The zero-order valence-corrected chi connectivity index (χ0v) is 8.82. The van der Waals surface area contributed by atoms with Gasteiger partial charge in [0, 0.05) is 12.7 Å². The molecule has 0 bridgehead atoms. The van der Waals surface area contributed by atoms with Crippen LogP contribution in [0.15, 0.2) is 23.7 Å². The van der Waals surface area contributed by atoms with Gasteiger partial charge in [-0.2, -0.15) is 0 Å². The van der Waals surface area contributed by atoms with Crippen LogP contribution in [0.1, 0.15) is 12.5 Å². The van der Waals surface area contributed by atoms with Crippen LogP contribution in [-0.4, -0.2) is 17.8 Å². The lowest BCUT2D eigenvalue weighted by Gasteiger charge is -2.07. The van der Waals surface area contributed by atoms with Gasteiger partial charge in [0.05, 0.1) is 4.90 Å². The lowest BCUT2D eigenvalue weighted by Crippen LogP contribution is -2.00. The second-order valence-electron chi connectivity index (χ2n) is 2.55. The maximum absolute atomic E-state index is 4.31. The number of thioether (sulfide) groups is 1. The third-order valence-electron chi connectivity index (χ3n) is 1.67. The number of aromatic nitrogens is 1. The topological polar surface area (TPSA) is 24.9 Å². The standard InChI is InChI=1S/C10H14N2S/c1-4-8-6-9(13-3)10(11-5-2)12-7-8/h4,6-7H,1,5H2,2-3H3,(H,11,12). The first kappa shape index (κ1) is 10.1. The van der Waals surface area contributed by atoms with Crippen LogP contribution in [-0.2, 0) is 0 Å². The molecule has 1 heterocycles. The highest BCUT2D eigenvalue weighted by molar-refractivity contribution is 7.98. The fourth-order valence-corrected chi connectivity index (χ4v) is 1.60. The van der Waals surface area contributed by atoms with Crippen LogP contribution in [0.3, 0.4) is 0 Å². The first-order valence-electron chi connectivity index (χ1n) is 4.22. The van der Waals surface area contributed by atoms with E-state index in [1.165, 1.54) is 4.90 Å². The Bertz CT molecular complexity index is 297. The summed E-state index contributed by atoms with van der Waals surface area (Å²) in [7, 11) is 0. The zero-order valence-electron chi connectivity index (χ0n) is 8.00. The van der Waals surface area contributed by atoms with Crippen molar-refractivity contribution in [1.29, 1.82) is 0 Å². The largest absolute Gasteiger partial charge is 0.369 e. The molecule has 0 saturated heterocycles. The summed E-state index contributed by atoms with van der Waals surface area (Å²) in [5.41, 5.74) is 1.06. The maximum Gasteiger partial charge on any atom is 0.139 e. The summed E-state index contributed by atoms with van der Waals surface area (Å²) in [6.07, 6.45) is 5.68. The minimum atomic E-state index is 0.897. The normalized spacial score (nSPS) is 9.69. The van der Waals surface area contributed by atoms with Gasteiger partial charge < -0.3 is 5.32 Å². The van der Waals surface area contributed by atoms with Crippen LogP contribution in [0, 0.1) is 0 Å². The molecule has 0 aliphatic rings. The van der Waals surface area contributed by atoms with E-state index in [2.05, 4.69) is 29.9 Å². The Kier molecular flexibility index (Phi) is 3.83. The Morgan fingerprint density at radius 3 is 3.00 bits per heavy atom. The van der Waals surface area contributed by atoms with Crippen molar-refractivity contribution in [2.75, 3.05) is 18.1 Å². The van der Waals surface area contributed by atoms with Gasteiger partial charge >= 0.3 is 0 Å². The van der Waals surface area contributed by atoms with E-state index in [0.717, 1.165) is 17.9 Å². The molecule has 0 aromatic carbocycles. The second-order valence-corrected chi connectivity index (χ2v) is 3.40. The molecule has 3 heteroatoms. The van der Waals surface area contributed by atoms with Crippen LogP contribution in [0.5, 0.6) is 0 Å². The monoisotopic (exact) mass is 194 g/mol. The molecule has 1 aromatic heterocycles. The second kappa shape index (κ2) is 4.92. The highest BCUT2D eigenvalue weighted by Gasteiger charge is 2.01. The van der Waals surface area contributed by atoms with Crippen LogP contribution in [0.25, 0.3) is 6.08 Å². The average molecular weight is 194 g/mol. The molecule has 0 radical (unpaired) electrons. The maximum atomic E-state index is 4.31. The number of nitrogens with zero attached hydrogens (tertiary/aromatic N) is 1. The lowest BCUT2D eigenvalue weighted by atomic mass is 10.3. The molecule has 0 amide bonds.